The van der Waals surface area contributed by atoms with Gasteiger partial charge in [-0.15, -0.1) is 12.4 Å². The molecule has 1 rings (SSSR count). The molecule has 0 radical (unpaired) electrons. The van der Waals surface area contributed by atoms with Crippen LogP contribution in [0.15, 0.2) is 0 Å². The molecule has 5 heteroatoms. The van der Waals surface area contributed by atoms with Gasteiger partial charge < -0.3 is 5.73 Å². The third-order valence-electron chi connectivity index (χ3n) is 0.660. The van der Waals surface area contributed by atoms with Gasteiger partial charge in [0.25, 0.3) is 0 Å². The molecule has 1 aliphatic rings. The summed E-state index contributed by atoms with van der Waals surface area (Å²) < 4.78 is 0. The van der Waals surface area contributed by atoms with Crippen molar-refractivity contribution in [2.24, 2.45) is 5.73 Å². The van der Waals surface area contributed by atoms with Gasteiger partial charge in [0.1, 0.15) is 0 Å². The Bertz CT molecular complexity index is 56.5. The normalized spacial score (nSPS) is 22.1. The second-order valence-corrected chi connectivity index (χ2v) is 5.72. The van der Waals surface area contributed by atoms with E-state index in [-0.39, 0.29) is 12.4 Å². The van der Waals surface area contributed by atoms with Crippen molar-refractivity contribution in [3.05, 3.63) is 0 Å². The summed E-state index contributed by atoms with van der Waals surface area (Å²) in [4.78, 5) is 0. The molecule has 1 aliphatic heterocycles. The van der Waals surface area contributed by atoms with E-state index in [0.29, 0.717) is 6.04 Å². The Balaban J connectivity index is 0.000000490. The summed E-state index contributed by atoms with van der Waals surface area (Å²) in [5, 5.41) is 0. The zero-order chi connectivity index (χ0) is 5.11. The van der Waals surface area contributed by atoms with Crippen molar-refractivity contribution < 1.29 is 0 Å². The van der Waals surface area contributed by atoms with E-state index in [1.807, 2.05) is 31.4 Å². The van der Waals surface area contributed by atoms with Crippen LogP contribution in [0.3, 0.4) is 0 Å². The van der Waals surface area contributed by atoms with Gasteiger partial charge in [0.15, 0.2) is 0 Å². The smallest absolute Gasteiger partial charge is 0.0239 e. The third-order valence-corrected chi connectivity index (χ3v) is 5.11. The summed E-state index contributed by atoms with van der Waals surface area (Å²) in [5.74, 6) is 2.25. The highest BCUT2D eigenvalue weighted by atomic mass is 35.5. The van der Waals surface area contributed by atoms with Gasteiger partial charge >= 0.3 is 0 Å². The van der Waals surface area contributed by atoms with Crippen molar-refractivity contribution in [3.63, 3.8) is 0 Å². The van der Waals surface area contributed by atoms with E-state index >= 15 is 0 Å². The predicted octanol–water partition coefficient (Wildman–Crippen LogP) is 1.78. The van der Waals surface area contributed by atoms with E-state index in [1.54, 1.807) is 0 Å². The van der Waals surface area contributed by atoms with Crippen LogP contribution in [-0.2, 0) is 0 Å². The molecule has 0 bridgehead atoms. The van der Waals surface area contributed by atoms with Gasteiger partial charge in [0, 0.05) is 17.5 Å². The van der Waals surface area contributed by atoms with Crippen LogP contribution in [0.5, 0.6) is 0 Å². The molecule has 2 N–H and O–H groups in total. The van der Waals surface area contributed by atoms with Gasteiger partial charge in [-0.25, -0.2) is 0 Å². The van der Waals surface area contributed by atoms with Crippen molar-refractivity contribution in [1.82, 2.24) is 0 Å². The van der Waals surface area contributed by atoms with Gasteiger partial charge in [-0.2, -0.15) is 0 Å². The Labute approximate surface area is 67.1 Å². The minimum absolute atomic E-state index is 0. The zero-order valence-electron chi connectivity index (χ0n) is 4.20. The van der Waals surface area contributed by atoms with Crippen LogP contribution in [0.1, 0.15) is 0 Å². The average molecular weight is 190 g/mol. The number of halogens is 1. The molecule has 50 valence electrons. The molecule has 1 fully saturated rings. The first kappa shape index (κ1) is 9.30. The van der Waals surface area contributed by atoms with Gasteiger partial charge in [-0.05, 0) is 9.83 Å². The summed E-state index contributed by atoms with van der Waals surface area (Å²) >= 11 is 0. The maximum Gasteiger partial charge on any atom is 0.0239 e. The van der Waals surface area contributed by atoms with E-state index < -0.39 is 0 Å². The van der Waals surface area contributed by atoms with E-state index in [2.05, 4.69) is 0 Å². The largest absolute Gasteiger partial charge is 0.326 e. The Morgan fingerprint density at radius 3 is 2.00 bits per heavy atom. The van der Waals surface area contributed by atoms with E-state index in [4.69, 9.17) is 5.73 Å². The van der Waals surface area contributed by atoms with Gasteiger partial charge in [0.05, 0.1) is 0 Å². The second kappa shape index (κ2) is 5.11. The summed E-state index contributed by atoms with van der Waals surface area (Å²) in [6.07, 6.45) is 0. The average Bonchev–Trinajstić information content (AvgIpc) is 1.69. The van der Waals surface area contributed by atoms with E-state index in [9.17, 15) is 0 Å². The van der Waals surface area contributed by atoms with E-state index in [0.717, 1.165) is 11.5 Å². The molecule has 0 unspecified atom stereocenters. The van der Waals surface area contributed by atoms with Crippen LogP contribution >= 0.6 is 43.8 Å². The highest BCUT2D eigenvalue weighted by Crippen LogP contribution is 2.39. The number of nitrogens with two attached hydrogens (primary N) is 1. The fourth-order valence-electron chi connectivity index (χ4n) is 0.312. The van der Waals surface area contributed by atoms with Crippen LogP contribution in [0, 0.1) is 0 Å². The van der Waals surface area contributed by atoms with E-state index in [1.165, 1.54) is 0 Å². The molecule has 1 saturated heterocycles. The third kappa shape index (κ3) is 3.35. The lowest BCUT2D eigenvalue weighted by Gasteiger charge is -2.13. The van der Waals surface area contributed by atoms with Crippen LogP contribution in [0.2, 0.25) is 0 Å². The fraction of sp³-hybridized carbons (Fsp3) is 1.00. The zero-order valence-corrected chi connectivity index (χ0v) is 7.47. The van der Waals surface area contributed by atoms with Crippen molar-refractivity contribution in [2.45, 2.75) is 6.04 Å². The molecule has 8 heavy (non-hydrogen) atoms. The summed E-state index contributed by atoms with van der Waals surface area (Å²) in [5.41, 5.74) is 5.58. The molecular formula is C3H8ClNS3. The van der Waals surface area contributed by atoms with Crippen molar-refractivity contribution >= 4 is 43.8 Å². The van der Waals surface area contributed by atoms with Crippen molar-refractivity contribution in [1.29, 1.82) is 0 Å². The number of hydrogen-bond acceptors (Lipinski definition) is 4. The molecule has 0 aromatic heterocycles. The molecule has 0 spiro atoms. The molecule has 0 aliphatic carbocycles. The molecule has 0 atom stereocenters. The monoisotopic (exact) mass is 189 g/mol. The molecule has 0 aromatic carbocycles. The first-order valence-electron chi connectivity index (χ1n) is 2.06. The highest BCUT2D eigenvalue weighted by Gasteiger charge is 2.08. The highest BCUT2D eigenvalue weighted by molar-refractivity contribution is 9.09. The first-order chi connectivity index (χ1) is 3.39. The minimum atomic E-state index is 0. The van der Waals surface area contributed by atoms with Crippen LogP contribution in [-0.4, -0.2) is 17.5 Å². The Morgan fingerprint density at radius 1 is 1.25 bits per heavy atom. The minimum Gasteiger partial charge on any atom is -0.326 e. The maximum absolute atomic E-state index is 5.58. The molecule has 0 aromatic rings. The van der Waals surface area contributed by atoms with Crippen LogP contribution in [0.25, 0.3) is 0 Å². The lowest BCUT2D eigenvalue weighted by molar-refractivity contribution is 0.864. The standard InChI is InChI=1S/C3H7NS3.ClH/c4-3-1-5-7-6-2-3;/h3H,1-2,4H2;1H. The van der Waals surface area contributed by atoms with Crippen LogP contribution in [0.4, 0.5) is 0 Å². The topological polar surface area (TPSA) is 26.0 Å². The van der Waals surface area contributed by atoms with Crippen molar-refractivity contribution in [2.75, 3.05) is 11.5 Å². The maximum atomic E-state index is 5.58. The lowest BCUT2D eigenvalue weighted by atomic mass is 10.4. The first-order valence-corrected chi connectivity index (χ1v) is 5.88. The van der Waals surface area contributed by atoms with Gasteiger partial charge in [-0.1, -0.05) is 21.6 Å². The second-order valence-electron chi connectivity index (χ2n) is 1.40. The molecule has 1 heterocycles. The summed E-state index contributed by atoms with van der Waals surface area (Å²) in [6, 6.07) is 0.441. The molecule has 0 amide bonds. The summed E-state index contributed by atoms with van der Waals surface area (Å²) in [7, 11) is 5.57. The Hall–Kier alpha value is 1.30. The Kier molecular flexibility index (Phi) is 5.94. The molecular weight excluding hydrogens is 182 g/mol. The molecule has 1 nitrogen and oxygen atoms in total. The molecule has 0 saturated carbocycles. The quantitative estimate of drug-likeness (QED) is 0.588. The Morgan fingerprint density at radius 2 is 1.75 bits per heavy atom. The van der Waals surface area contributed by atoms with Gasteiger partial charge in [-0.3, -0.25) is 0 Å². The SMILES string of the molecule is Cl.NC1CSSSC1. The van der Waals surface area contributed by atoms with Crippen LogP contribution < -0.4 is 5.73 Å². The van der Waals surface area contributed by atoms with Gasteiger partial charge in [0.2, 0.25) is 0 Å². The fourth-order valence-corrected chi connectivity index (χ4v) is 4.42. The van der Waals surface area contributed by atoms with Crippen molar-refractivity contribution in [3.8, 4) is 0 Å². The summed E-state index contributed by atoms with van der Waals surface area (Å²) in [6.45, 7) is 0. The number of rotatable bonds is 0. The predicted molar refractivity (Wildman–Crippen MR) is 47.7 cm³/mol. The lowest BCUT2D eigenvalue weighted by Crippen LogP contribution is -2.26. The number of hydrogen-bond donors (Lipinski definition) is 1.